The van der Waals surface area contributed by atoms with Crippen LogP contribution in [-0.4, -0.2) is 31.1 Å². The van der Waals surface area contributed by atoms with E-state index in [4.69, 9.17) is 18.9 Å². The predicted octanol–water partition coefficient (Wildman–Crippen LogP) is 4.05. The van der Waals surface area contributed by atoms with Gasteiger partial charge in [0.05, 0.1) is 18.6 Å². The van der Waals surface area contributed by atoms with Crippen molar-refractivity contribution in [2.24, 2.45) is 5.92 Å². The third kappa shape index (κ3) is 4.01. The van der Waals surface area contributed by atoms with E-state index in [1.165, 1.54) is 31.6 Å². The fraction of sp³-hybridized carbons (Fsp3) is 0.304. The van der Waals surface area contributed by atoms with E-state index in [-0.39, 0.29) is 23.0 Å². The maximum Gasteiger partial charge on any atom is 0.341 e. The lowest BCUT2D eigenvalue weighted by molar-refractivity contribution is -0.132. The first-order chi connectivity index (χ1) is 14.6. The Morgan fingerprint density at radius 1 is 1.07 bits per heavy atom. The Morgan fingerprint density at radius 2 is 1.80 bits per heavy atom. The number of fused-ring (bicyclic) bond motifs is 1. The molecule has 0 bridgehead atoms. The molecule has 1 fully saturated rings. The van der Waals surface area contributed by atoms with Crippen molar-refractivity contribution in [3.63, 3.8) is 0 Å². The molecule has 0 saturated heterocycles. The van der Waals surface area contributed by atoms with Crippen LogP contribution in [0, 0.1) is 11.7 Å². The van der Waals surface area contributed by atoms with Gasteiger partial charge in [0, 0.05) is 6.42 Å². The lowest BCUT2D eigenvalue weighted by Crippen LogP contribution is -2.43. The molecule has 2 aromatic carbocycles. The highest BCUT2D eigenvalue weighted by molar-refractivity contribution is 5.96. The molecule has 3 unspecified atom stereocenters. The molecule has 0 amide bonds. The van der Waals surface area contributed by atoms with Gasteiger partial charge in [-0.25, -0.2) is 9.18 Å². The number of hydrogen-bond acceptors (Lipinski definition) is 6. The summed E-state index contributed by atoms with van der Waals surface area (Å²) in [5.74, 6) is -0.830. The van der Waals surface area contributed by atoms with Crippen LogP contribution in [-0.2, 0) is 14.3 Å². The molecular formula is C23H21FO6. The van der Waals surface area contributed by atoms with Crippen LogP contribution >= 0.6 is 0 Å². The number of esters is 1. The molecule has 0 radical (unpaired) electrons. The molecule has 2 aliphatic rings. The summed E-state index contributed by atoms with van der Waals surface area (Å²) in [6.07, 6.45) is 1.75. The number of allylic oxidation sites excluding steroid dienone is 1. The van der Waals surface area contributed by atoms with Crippen molar-refractivity contribution in [2.45, 2.75) is 31.5 Å². The predicted molar refractivity (Wildman–Crippen MR) is 105 cm³/mol. The van der Waals surface area contributed by atoms with E-state index in [2.05, 4.69) is 0 Å². The first-order valence-corrected chi connectivity index (χ1v) is 9.73. The summed E-state index contributed by atoms with van der Waals surface area (Å²) < 4.78 is 36.0. The Morgan fingerprint density at radius 3 is 2.57 bits per heavy atom. The van der Waals surface area contributed by atoms with Crippen LogP contribution < -0.4 is 9.47 Å². The number of methoxy groups -OCH3 is 1. The number of para-hydroxylation sites is 2. The van der Waals surface area contributed by atoms with E-state index in [9.17, 15) is 14.0 Å². The van der Waals surface area contributed by atoms with Gasteiger partial charge in [0.2, 0.25) is 11.5 Å². The van der Waals surface area contributed by atoms with Crippen LogP contribution in [0.5, 0.6) is 11.5 Å². The fourth-order valence-electron chi connectivity index (χ4n) is 3.78. The number of ketones is 1. The minimum Gasteiger partial charge on any atom is -0.493 e. The van der Waals surface area contributed by atoms with Crippen molar-refractivity contribution >= 4 is 11.8 Å². The summed E-state index contributed by atoms with van der Waals surface area (Å²) in [5.41, 5.74) is -0.104. The quantitative estimate of drug-likeness (QED) is 0.690. The Hall–Kier alpha value is -3.35. The molecule has 4 rings (SSSR count). The van der Waals surface area contributed by atoms with E-state index >= 15 is 0 Å². The highest BCUT2D eigenvalue weighted by Crippen LogP contribution is 2.36. The van der Waals surface area contributed by atoms with E-state index in [1.807, 2.05) is 0 Å². The minimum absolute atomic E-state index is 0.104. The van der Waals surface area contributed by atoms with Crippen molar-refractivity contribution in [3.05, 3.63) is 71.9 Å². The zero-order chi connectivity index (χ0) is 21.1. The molecule has 1 heterocycles. The molecule has 1 aliphatic carbocycles. The first-order valence-electron chi connectivity index (χ1n) is 9.73. The number of halogens is 1. The van der Waals surface area contributed by atoms with Gasteiger partial charge < -0.3 is 18.9 Å². The molecule has 2 aromatic rings. The normalized spacial score (nSPS) is 22.9. The summed E-state index contributed by atoms with van der Waals surface area (Å²) in [5, 5.41) is 0. The average Bonchev–Trinajstić information content (AvgIpc) is 2.76. The number of rotatable bonds is 5. The monoisotopic (exact) mass is 412 g/mol. The van der Waals surface area contributed by atoms with Gasteiger partial charge in [-0.3, -0.25) is 4.79 Å². The van der Waals surface area contributed by atoms with E-state index in [0.29, 0.717) is 30.8 Å². The molecule has 1 aliphatic heterocycles. The maximum absolute atomic E-state index is 13.8. The van der Waals surface area contributed by atoms with Crippen LogP contribution in [0.4, 0.5) is 4.39 Å². The van der Waals surface area contributed by atoms with Crippen molar-refractivity contribution in [2.75, 3.05) is 7.11 Å². The molecule has 3 atom stereocenters. The summed E-state index contributed by atoms with van der Waals surface area (Å²) in [6, 6.07) is 12.7. The van der Waals surface area contributed by atoms with Crippen LogP contribution in [0.1, 0.15) is 29.6 Å². The highest BCUT2D eigenvalue weighted by Gasteiger charge is 2.42. The van der Waals surface area contributed by atoms with Gasteiger partial charge >= 0.3 is 5.97 Å². The van der Waals surface area contributed by atoms with Gasteiger partial charge in [-0.2, -0.15) is 0 Å². The molecule has 0 spiro atoms. The fourth-order valence-corrected chi connectivity index (χ4v) is 3.78. The van der Waals surface area contributed by atoms with Gasteiger partial charge in [-0.1, -0.05) is 24.3 Å². The lowest BCUT2D eigenvalue weighted by Gasteiger charge is -2.36. The van der Waals surface area contributed by atoms with Crippen molar-refractivity contribution in [3.8, 4) is 11.5 Å². The Balaban J connectivity index is 1.41. The summed E-state index contributed by atoms with van der Waals surface area (Å²) >= 11 is 0. The lowest BCUT2D eigenvalue weighted by atomic mass is 9.80. The molecular weight excluding hydrogens is 391 g/mol. The van der Waals surface area contributed by atoms with E-state index < -0.39 is 24.0 Å². The molecule has 30 heavy (non-hydrogen) atoms. The van der Waals surface area contributed by atoms with Crippen LogP contribution in [0.25, 0.3) is 0 Å². The topological polar surface area (TPSA) is 71.1 Å². The highest BCUT2D eigenvalue weighted by atomic mass is 19.1. The van der Waals surface area contributed by atoms with Gasteiger partial charge in [-0.15, -0.1) is 0 Å². The summed E-state index contributed by atoms with van der Waals surface area (Å²) in [7, 11) is 1.52. The SMILES string of the molecule is COc1ccccc1OC1=COC2CC(OC(=O)c3ccccc3F)CCC2C1=O. The first kappa shape index (κ1) is 19.9. The molecule has 0 aromatic heterocycles. The van der Waals surface area contributed by atoms with Crippen molar-refractivity contribution in [1.82, 2.24) is 0 Å². The number of Topliss-reactive ketones (excluding diaryl/α,β-unsaturated/α-hetero) is 1. The number of carbonyl (C=O) groups is 2. The van der Waals surface area contributed by atoms with Crippen LogP contribution in [0.2, 0.25) is 0 Å². The molecule has 6 nitrogen and oxygen atoms in total. The van der Waals surface area contributed by atoms with Crippen molar-refractivity contribution < 1.29 is 32.9 Å². The second-order valence-corrected chi connectivity index (χ2v) is 7.20. The smallest absolute Gasteiger partial charge is 0.341 e. The van der Waals surface area contributed by atoms with Gasteiger partial charge in [-0.05, 0) is 37.1 Å². The molecule has 0 N–H and O–H groups in total. The summed E-state index contributed by atoms with van der Waals surface area (Å²) in [4.78, 5) is 25.1. The Kier molecular flexibility index (Phi) is 5.70. The van der Waals surface area contributed by atoms with Crippen LogP contribution in [0.3, 0.4) is 0 Å². The van der Waals surface area contributed by atoms with Gasteiger partial charge in [0.25, 0.3) is 0 Å². The minimum atomic E-state index is -0.713. The number of hydrogen-bond donors (Lipinski definition) is 0. The van der Waals surface area contributed by atoms with E-state index in [1.54, 1.807) is 30.3 Å². The van der Waals surface area contributed by atoms with Gasteiger partial charge in [0.15, 0.2) is 11.5 Å². The largest absolute Gasteiger partial charge is 0.493 e. The van der Waals surface area contributed by atoms with Gasteiger partial charge in [0.1, 0.15) is 24.3 Å². The number of carbonyl (C=O) groups excluding carboxylic acids is 2. The third-order valence-corrected chi connectivity index (χ3v) is 5.33. The average molecular weight is 412 g/mol. The number of ether oxygens (including phenoxy) is 4. The zero-order valence-corrected chi connectivity index (χ0v) is 16.4. The second kappa shape index (κ2) is 8.57. The zero-order valence-electron chi connectivity index (χ0n) is 16.4. The Bertz CT molecular complexity index is 985. The molecule has 7 heteroatoms. The molecule has 1 saturated carbocycles. The Labute approximate surface area is 173 Å². The van der Waals surface area contributed by atoms with Crippen molar-refractivity contribution in [1.29, 1.82) is 0 Å². The molecule has 156 valence electrons. The third-order valence-electron chi connectivity index (χ3n) is 5.33. The number of benzene rings is 2. The maximum atomic E-state index is 13.8. The standard InChI is InChI=1S/C23H21FO6/c1-27-18-8-4-5-9-19(18)30-21-13-28-20-12-14(10-11-16(20)22(21)25)29-23(26)15-6-2-3-7-17(15)24/h2-9,13-14,16,20H,10-12H2,1H3. The summed E-state index contributed by atoms with van der Waals surface area (Å²) in [6.45, 7) is 0. The van der Waals surface area contributed by atoms with E-state index in [0.717, 1.165) is 0 Å². The van der Waals surface area contributed by atoms with Crippen LogP contribution in [0.15, 0.2) is 60.6 Å². The second-order valence-electron chi connectivity index (χ2n) is 7.20.